The molecule has 0 spiro atoms. The highest BCUT2D eigenvalue weighted by molar-refractivity contribution is 7.93. The van der Waals surface area contributed by atoms with E-state index in [4.69, 9.17) is 16.3 Å². The summed E-state index contributed by atoms with van der Waals surface area (Å²) < 4.78 is 30.8. The van der Waals surface area contributed by atoms with Crippen LogP contribution < -0.4 is 5.32 Å². The number of benzene rings is 1. The second-order valence-electron chi connectivity index (χ2n) is 7.84. The fourth-order valence-corrected chi connectivity index (χ4v) is 7.13. The molecule has 4 rings (SSSR count). The average molecular weight is 495 g/mol. The van der Waals surface area contributed by atoms with Crippen LogP contribution in [-0.2, 0) is 25.8 Å². The number of Topliss-reactive ketones (excluding diaryl/α,β-unsaturated/α-hetero) is 1. The molecule has 3 heterocycles. The second-order valence-corrected chi connectivity index (χ2v) is 11.8. The molecule has 2 N–H and O–H groups in total. The number of ketones is 1. The highest BCUT2D eigenvalue weighted by Gasteiger charge is 2.43. The van der Waals surface area contributed by atoms with E-state index >= 15 is 0 Å². The Hall–Kier alpha value is -2.20. The predicted molar refractivity (Wildman–Crippen MR) is 125 cm³/mol. The second kappa shape index (κ2) is 9.35. The molecule has 1 aliphatic rings. The summed E-state index contributed by atoms with van der Waals surface area (Å²) in [7, 11) is -2.14. The van der Waals surface area contributed by atoms with Gasteiger partial charge in [0.05, 0.1) is 16.1 Å². The van der Waals surface area contributed by atoms with Gasteiger partial charge in [-0.05, 0) is 37.0 Å². The van der Waals surface area contributed by atoms with Crippen molar-refractivity contribution in [2.75, 3.05) is 12.9 Å². The van der Waals surface area contributed by atoms with Crippen LogP contribution in [0.3, 0.4) is 0 Å². The molecule has 1 fully saturated rings. The maximum atomic E-state index is 13.2. The van der Waals surface area contributed by atoms with Crippen LogP contribution in [0.25, 0.3) is 10.2 Å². The highest BCUT2D eigenvalue weighted by atomic mass is 35.5. The van der Waals surface area contributed by atoms with Crippen LogP contribution in [0.4, 0.5) is 0 Å². The molecule has 10 heteroatoms. The van der Waals surface area contributed by atoms with E-state index in [-0.39, 0.29) is 12.2 Å². The molecule has 0 saturated carbocycles. The van der Waals surface area contributed by atoms with E-state index in [1.54, 1.807) is 12.1 Å². The van der Waals surface area contributed by atoms with Crippen molar-refractivity contribution in [1.29, 1.82) is 0 Å². The molecule has 1 saturated heterocycles. The number of methoxy groups -OCH3 is 1. The van der Waals surface area contributed by atoms with Gasteiger partial charge < -0.3 is 15.0 Å². The van der Waals surface area contributed by atoms with E-state index in [9.17, 15) is 18.0 Å². The Kier molecular flexibility index (Phi) is 6.71. The molecular weight excluding hydrogens is 472 g/mol. The smallest absolute Gasteiger partial charge is 0.268 e. The van der Waals surface area contributed by atoms with Crippen LogP contribution in [0.1, 0.15) is 28.9 Å². The van der Waals surface area contributed by atoms with Crippen molar-refractivity contribution in [3.8, 4) is 0 Å². The molecule has 3 aromatic rings. The maximum absolute atomic E-state index is 13.2. The summed E-state index contributed by atoms with van der Waals surface area (Å²) >= 11 is 7.33. The van der Waals surface area contributed by atoms with Gasteiger partial charge in [-0.3, -0.25) is 9.59 Å². The summed E-state index contributed by atoms with van der Waals surface area (Å²) in [6, 6.07) is 12.1. The molecule has 0 radical (unpaired) electrons. The molecular formula is C22H23ClN2O5S2. The number of thiophene rings is 1. The Bertz CT molecular complexity index is 1200. The Balaban J connectivity index is 1.61. The van der Waals surface area contributed by atoms with Gasteiger partial charge in [-0.15, -0.1) is 11.3 Å². The lowest BCUT2D eigenvalue weighted by Crippen LogP contribution is -2.52. The third-order valence-electron chi connectivity index (χ3n) is 5.68. The van der Waals surface area contributed by atoms with Crippen LogP contribution >= 0.6 is 22.9 Å². The Labute approximate surface area is 195 Å². The lowest BCUT2D eigenvalue weighted by Gasteiger charge is -2.27. The van der Waals surface area contributed by atoms with Crippen LogP contribution in [0.15, 0.2) is 42.5 Å². The Morgan fingerprint density at radius 1 is 1.28 bits per heavy atom. The zero-order chi connectivity index (χ0) is 22.9. The number of ether oxygens (including phenoxy) is 1. The molecule has 32 heavy (non-hydrogen) atoms. The van der Waals surface area contributed by atoms with E-state index in [1.807, 2.05) is 30.3 Å². The molecule has 0 bridgehead atoms. The monoisotopic (exact) mass is 494 g/mol. The standard InChI is InChI=1S/C22H23ClN2O5S2/c1-30-20(19(26)17-8-5-9-32(17,28)29)15(10-13-6-3-2-4-7-13)24-21(27)16-11-14-12-18(23)31-22(14)25-16/h2-4,6-7,11-12,15,17,20,25H,5,8-10H2,1H3,(H,24,27). The number of hydrogen-bond acceptors (Lipinski definition) is 6. The van der Waals surface area contributed by atoms with Crippen LogP contribution in [0, 0.1) is 0 Å². The number of H-pyrrole nitrogens is 1. The van der Waals surface area contributed by atoms with E-state index in [1.165, 1.54) is 18.4 Å². The lowest BCUT2D eigenvalue weighted by molar-refractivity contribution is -0.129. The van der Waals surface area contributed by atoms with Crippen LogP contribution in [0.2, 0.25) is 4.34 Å². The summed E-state index contributed by atoms with van der Waals surface area (Å²) in [5, 5.41) is 2.61. The van der Waals surface area contributed by atoms with Crippen molar-refractivity contribution >= 4 is 54.7 Å². The quantitative estimate of drug-likeness (QED) is 0.499. The molecule has 170 valence electrons. The van der Waals surface area contributed by atoms with E-state index in [0.717, 1.165) is 15.8 Å². The summed E-state index contributed by atoms with van der Waals surface area (Å²) in [6.07, 6.45) is -0.0553. The van der Waals surface area contributed by atoms with E-state index in [2.05, 4.69) is 10.3 Å². The number of rotatable bonds is 8. The number of carbonyl (C=O) groups excluding carboxylic acids is 2. The first kappa shape index (κ1) is 23.0. The molecule has 7 nitrogen and oxygen atoms in total. The van der Waals surface area contributed by atoms with E-state index in [0.29, 0.717) is 22.9 Å². The van der Waals surface area contributed by atoms with Gasteiger partial charge in [0.1, 0.15) is 21.9 Å². The molecule has 3 unspecified atom stereocenters. The SMILES string of the molecule is COC(C(=O)C1CCCS1(=O)=O)C(Cc1ccccc1)NC(=O)c1cc2cc(Cl)sc2[nH]1. The summed E-state index contributed by atoms with van der Waals surface area (Å²) in [4.78, 5) is 30.1. The fourth-order valence-electron chi connectivity index (χ4n) is 4.14. The van der Waals surface area contributed by atoms with E-state index < -0.39 is 38.9 Å². The largest absolute Gasteiger partial charge is 0.371 e. The van der Waals surface area contributed by atoms with Crippen LogP contribution in [-0.4, -0.2) is 55.4 Å². The number of hydrogen-bond donors (Lipinski definition) is 2. The molecule has 3 atom stereocenters. The van der Waals surface area contributed by atoms with Gasteiger partial charge >= 0.3 is 0 Å². The molecule has 0 aliphatic carbocycles. The predicted octanol–water partition coefficient (Wildman–Crippen LogP) is 3.39. The number of amides is 1. The van der Waals surface area contributed by atoms with Gasteiger partial charge in [0.25, 0.3) is 5.91 Å². The minimum Gasteiger partial charge on any atom is -0.371 e. The number of sulfone groups is 1. The van der Waals surface area contributed by atoms with Crippen molar-refractivity contribution in [3.63, 3.8) is 0 Å². The molecule has 2 aromatic heterocycles. The first-order valence-electron chi connectivity index (χ1n) is 10.2. The summed E-state index contributed by atoms with van der Waals surface area (Å²) in [6.45, 7) is 0. The first-order valence-corrected chi connectivity index (χ1v) is 13.1. The summed E-state index contributed by atoms with van der Waals surface area (Å²) in [5.41, 5.74) is 1.22. The topological polar surface area (TPSA) is 105 Å². The van der Waals surface area contributed by atoms with Crippen molar-refractivity contribution in [2.45, 2.75) is 36.7 Å². The molecule has 1 amide bonds. The van der Waals surface area contributed by atoms with Gasteiger partial charge in [-0.2, -0.15) is 0 Å². The van der Waals surface area contributed by atoms with Crippen LogP contribution in [0.5, 0.6) is 0 Å². The highest BCUT2D eigenvalue weighted by Crippen LogP contribution is 2.29. The third kappa shape index (κ3) is 4.76. The zero-order valence-corrected chi connectivity index (χ0v) is 19.7. The first-order chi connectivity index (χ1) is 15.3. The summed E-state index contributed by atoms with van der Waals surface area (Å²) in [5.74, 6) is -0.919. The van der Waals surface area contributed by atoms with Gasteiger partial charge in [0.2, 0.25) is 0 Å². The Morgan fingerprint density at radius 2 is 2.03 bits per heavy atom. The zero-order valence-electron chi connectivity index (χ0n) is 17.3. The number of aromatic amines is 1. The van der Waals surface area contributed by atoms with Gasteiger partial charge in [-0.1, -0.05) is 41.9 Å². The van der Waals surface area contributed by atoms with Crippen molar-refractivity contribution in [1.82, 2.24) is 10.3 Å². The minimum atomic E-state index is -3.50. The number of fused-ring (bicyclic) bond motifs is 1. The van der Waals surface area contributed by atoms with Crippen molar-refractivity contribution in [2.24, 2.45) is 0 Å². The number of aromatic nitrogens is 1. The molecule has 1 aromatic carbocycles. The number of halogens is 1. The normalized spacial score (nSPS) is 19.6. The van der Waals surface area contributed by atoms with Gasteiger partial charge in [0, 0.05) is 12.5 Å². The minimum absolute atomic E-state index is 0.00265. The van der Waals surface area contributed by atoms with Crippen molar-refractivity contribution in [3.05, 3.63) is 58.1 Å². The Morgan fingerprint density at radius 3 is 2.66 bits per heavy atom. The average Bonchev–Trinajstić information content (AvgIpc) is 3.40. The number of nitrogens with one attached hydrogen (secondary N) is 2. The van der Waals surface area contributed by atoms with Gasteiger partial charge in [-0.25, -0.2) is 8.42 Å². The fraction of sp³-hybridized carbons (Fsp3) is 0.364. The maximum Gasteiger partial charge on any atom is 0.268 e. The van der Waals surface area contributed by atoms with Gasteiger partial charge in [0.15, 0.2) is 15.6 Å². The lowest BCUT2D eigenvalue weighted by atomic mass is 9.95. The molecule has 1 aliphatic heterocycles. The third-order valence-corrected chi connectivity index (χ3v) is 9.07. The van der Waals surface area contributed by atoms with Crippen molar-refractivity contribution < 1.29 is 22.7 Å². The number of carbonyl (C=O) groups is 2.